The fourth-order valence-electron chi connectivity index (χ4n) is 1.05. The number of nitrogens with two attached hydrogens (primary N) is 2. The first kappa shape index (κ1) is 8.83. The molecule has 1 heterocycles. The van der Waals surface area contributed by atoms with Crippen LogP contribution in [0.15, 0.2) is 22.7 Å². The highest BCUT2D eigenvalue weighted by Crippen LogP contribution is 2.28. The lowest BCUT2D eigenvalue weighted by molar-refractivity contribution is 0.433. The van der Waals surface area contributed by atoms with Gasteiger partial charge in [-0.3, -0.25) is 0 Å². The molecule has 2 aromatic rings. The molecule has 0 amide bonds. The van der Waals surface area contributed by atoms with Crippen LogP contribution >= 0.6 is 11.6 Å². The lowest BCUT2D eigenvalue weighted by Crippen LogP contribution is -1.88. The highest BCUT2D eigenvalue weighted by Gasteiger charge is 2.10. The Morgan fingerprint density at radius 3 is 2.71 bits per heavy atom. The Balaban J connectivity index is 2.55. The first-order valence-electron chi connectivity index (χ1n) is 3.81. The summed E-state index contributed by atoms with van der Waals surface area (Å²) < 4.78 is 4.86. The Kier molecular flexibility index (Phi) is 2.01. The largest absolute Gasteiger partial charge is 0.399 e. The minimum atomic E-state index is 0.0680. The lowest BCUT2D eigenvalue weighted by atomic mass is 10.2. The van der Waals surface area contributed by atoms with Crippen LogP contribution in [-0.4, -0.2) is 10.1 Å². The molecule has 0 aliphatic rings. The van der Waals surface area contributed by atoms with Crippen molar-refractivity contribution in [2.24, 2.45) is 0 Å². The van der Waals surface area contributed by atoms with Gasteiger partial charge in [-0.1, -0.05) is 11.6 Å². The van der Waals surface area contributed by atoms with Crippen LogP contribution < -0.4 is 11.5 Å². The average molecular weight is 211 g/mol. The van der Waals surface area contributed by atoms with E-state index in [1.807, 2.05) is 0 Å². The molecule has 0 unspecified atom stereocenters. The fourth-order valence-corrected chi connectivity index (χ4v) is 1.25. The van der Waals surface area contributed by atoms with Crippen molar-refractivity contribution in [3.05, 3.63) is 23.2 Å². The maximum Gasteiger partial charge on any atom is 0.261 e. The summed E-state index contributed by atoms with van der Waals surface area (Å²) in [5.74, 6) is 0.332. The van der Waals surface area contributed by atoms with Crippen LogP contribution in [0.4, 0.5) is 11.6 Å². The average Bonchev–Trinajstić information content (AvgIpc) is 2.56. The number of hydrogen-bond acceptors (Lipinski definition) is 5. The van der Waals surface area contributed by atoms with Gasteiger partial charge in [0.15, 0.2) is 0 Å². The normalized spacial score (nSPS) is 10.4. The van der Waals surface area contributed by atoms with E-state index < -0.39 is 0 Å². The molecule has 0 atom stereocenters. The van der Waals surface area contributed by atoms with Gasteiger partial charge in [-0.15, -0.1) is 0 Å². The number of anilines is 2. The molecule has 2 rings (SSSR count). The maximum atomic E-state index is 5.92. The van der Waals surface area contributed by atoms with Crippen LogP contribution in [0.2, 0.25) is 5.02 Å². The first-order valence-corrected chi connectivity index (χ1v) is 4.19. The van der Waals surface area contributed by atoms with Crippen molar-refractivity contribution in [1.82, 2.24) is 10.1 Å². The van der Waals surface area contributed by atoms with Crippen LogP contribution in [0.1, 0.15) is 0 Å². The van der Waals surface area contributed by atoms with Gasteiger partial charge in [-0.2, -0.15) is 4.98 Å². The number of nitrogen functional groups attached to an aromatic ring is 2. The van der Waals surface area contributed by atoms with E-state index >= 15 is 0 Å². The Morgan fingerprint density at radius 1 is 1.29 bits per heavy atom. The van der Waals surface area contributed by atoms with Gasteiger partial charge in [0, 0.05) is 5.69 Å². The summed E-state index contributed by atoms with van der Waals surface area (Å²) in [6, 6.07) is 4.99. The van der Waals surface area contributed by atoms with Gasteiger partial charge in [0.25, 0.3) is 11.8 Å². The molecule has 4 N–H and O–H groups in total. The monoisotopic (exact) mass is 210 g/mol. The topological polar surface area (TPSA) is 91.0 Å². The molecule has 0 spiro atoms. The second kappa shape index (κ2) is 3.19. The Labute approximate surface area is 84.7 Å². The summed E-state index contributed by atoms with van der Waals surface area (Å²) in [7, 11) is 0. The molecule has 0 bridgehead atoms. The van der Waals surface area contributed by atoms with E-state index in [-0.39, 0.29) is 11.8 Å². The van der Waals surface area contributed by atoms with Gasteiger partial charge >= 0.3 is 0 Å². The summed E-state index contributed by atoms with van der Waals surface area (Å²) in [4.78, 5) is 3.84. The highest BCUT2D eigenvalue weighted by molar-refractivity contribution is 6.33. The zero-order valence-corrected chi connectivity index (χ0v) is 7.82. The number of hydrogen-bond donors (Lipinski definition) is 2. The molecule has 72 valence electrons. The second-order valence-corrected chi connectivity index (χ2v) is 3.10. The molecular formula is C8H7ClN4O. The summed E-state index contributed by atoms with van der Waals surface area (Å²) >= 11 is 5.92. The van der Waals surface area contributed by atoms with Gasteiger partial charge in [-0.25, -0.2) is 0 Å². The van der Waals surface area contributed by atoms with Crippen molar-refractivity contribution in [1.29, 1.82) is 0 Å². The first-order chi connectivity index (χ1) is 6.66. The molecule has 0 fully saturated rings. The van der Waals surface area contributed by atoms with E-state index in [0.717, 1.165) is 0 Å². The van der Waals surface area contributed by atoms with E-state index in [4.69, 9.17) is 27.6 Å². The van der Waals surface area contributed by atoms with Crippen LogP contribution in [0.25, 0.3) is 11.5 Å². The Morgan fingerprint density at radius 2 is 2.07 bits per heavy atom. The van der Waals surface area contributed by atoms with E-state index in [0.29, 0.717) is 16.3 Å². The zero-order chi connectivity index (χ0) is 10.1. The van der Waals surface area contributed by atoms with Crippen LogP contribution in [0.3, 0.4) is 0 Å². The molecule has 1 aromatic carbocycles. The van der Waals surface area contributed by atoms with Crippen LogP contribution in [0.5, 0.6) is 0 Å². The highest BCUT2D eigenvalue weighted by atomic mass is 35.5. The Bertz CT molecular complexity index is 468. The summed E-state index contributed by atoms with van der Waals surface area (Å²) in [5, 5.41) is 3.94. The predicted molar refractivity (Wildman–Crippen MR) is 53.6 cm³/mol. The zero-order valence-electron chi connectivity index (χ0n) is 7.07. The number of benzene rings is 1. The quantitative estimate of drug-likeness (QED) is 0.697. The molecule has 6 heteroatoms. The smallest absolute Gasteiger partial charge is 0.261 e. The molecule has 0 saturated heterocycles. The molecular weight excluding hydrogens is 204 g/mol. The number of aromatic nitrogens is 2. The van der Waals surface area contributed by atoms with Gasteiger partial charge in [0.1, 0.15) is 0 Å². The van der Waals surface area contributed by atoms with Gasteiger partial charge in [0.2, 0.25) is 0 Å². The summed E-state index contributed by atoms with van der Waals surface area (Å²) in [5.41, 5.74) is 12.1. The van der Waals surface area contributed by atoms with Crippen molar-refractivity contribution in [3.8, 4) is 11.5 Å². The van der Waals surface area contributed by atoms with Crippen molar-refractivity contribution < 1.29 is 4.52 Å². The van der Waals surface area contributed by atoms with Crippen molar-refractivity contribution in [3.63, 3.8) is 0 Å². The fraction of sp³-hybridized carbons (Fsp3) is 0. The molecule has 1 aromatic heterocycles. The lowest BCUT2D eigenvalue weighted by Gasteiger charge is -1.99. The third-order valence-corrected chi connectivity index (χ3v) is 1.99. The number of halogens is 1. The number of nitrogens with zero attached hydrogens (tertiary/aromatic N) is 2. The SMILES string of the molecule is Nc1ccc(Cl)c(-c2nc(N)no2)c1. The molecule has 0 aliphatic heterocycles. The third kappa shape index (κ3) is 1.49. The predicted octanol–water partition coefficient (Wildman–Crippen LogP) is 1.55. The van der Waals surface area contributed by atoms with Crippen LogP contribution in [-0.2, 0) is 0 Å². The van der Waals surface area contributed by atoms with Gasteiger partial charge in [-0.05, 0) is 23.4 Å². The minimum absolute atomic E-state index is 0.0680. The van der Waals surface area contributed by atoms with Gasteiger partial charge in [0.05, 0.1) is 10.6 Å². The summed E-state index contributed by atoms with van der Waals surface area (Å²) in [6.07, 6.45) is 0. The van der Waals surface area contributed by atoms with E-state index in [2.05, 4.69) is 10.1 Å². The van der Waals surface area contributed by atoms with Crippen molar-refractivity contribution in [2.75, 3.05) is 11.5 Å². The second-order valence-electron chi connectivity index (χ2n) is 2.70. The number of rotatable bonds is 1. The molecule has 14 heavy (non-hydrogen) atoms. The van der Waals surface area contributed by atoms with Crippen molar-refractivity contribution in [2.45, 2.75) is 0 Å². The molecule has 0 aliphatic carbocycles. The minimum Gasteiger partial charge on any atom is -0.399 e. The van der Waals surface area contributed by atoms with Gasteiger partial charge < -0.3 is 16.0 Å². The Hall–Kier alpha value is -1.75. The van der Waals surface area contributed by atoms with E-state index in [1.54, 1.807) is 18.2 Å². The maximum absolute atomic E-state index is 5.92. The molecule has 0 saturated carbocycles. The van der Waals surface area contributed by atoms with E-state index in [1.165, 1.54) is 0 Å². The van der Waals surface area contributed by atoms with E-state index in [9.17, 15) is 0 Å². The van der Waals surface area contributed by atoms with Crippen LogP contribution in [0, 0.1) is 0 Å². The standard InChI is InChI=1S/C8H7ClN4O/c9-6-2-1-4(10)3-5(6)7-12-8(11)13-14-7/h1-3H,10H2,(H2,11,13). The molecule has 5 nitrogen and oxygen atoms in total. The third-order valence-electron chi connectivity index (χ3n) is 1.66. The molecule has 0 radical (unpaired) electrons. The summed E-state index contributed by atoms with van der Waals surface area (Å²) in [6.45, 7) is 0. The van der Waals surface area contributed by atoms with Crippen molar-refractivity contribution >= 4 is 23.2 Å².